The van der Waals surface area contributed by atoms with Gasteiger partial charge in [0.1, 0.15) is 5.75 Å². The van der Waals surface area contributed by atoms with Crippen LogP contribution in [0.3, 0.4) is 0 Å². The zero-order valence-corrected chi connectivity index (χ0v) is 9.57. The van der Waals surface area contributed by atoms with Crippen LogP contribution in [0, 0.1) is 0 Å². The van der Waals surface area contributed by atoms with Gasteiger partial charge in [0.2, 0.25) is 0 Å². The molecule has 1 rings (SSSR count). The van der Waals surface area contributed by atoms with Gasteiger partial charge in [-0.05, 0) is 31.5 Å². The van der Waals surface area contributed by atoms with E-state index in [4.69, 9.17) is 15.2 Å². The largest absolute Gasteiger partial charge is 0.491 e. The summed E-state index contributed by atoms with van der Waals surface area (Å²) in [7, 11) is 1.66. The van der Waals surface area contributed by atoms with Crippen molar-refractivity contribution in [1.29, 1.82) is 0 Å². The SMILES string of the molecule is COC(CN)c1cccc(OC(C)C)c1. The van der Waals surface area contributed by atoms with Gasteiger partial charge in [-0.25, -0.2) is 0 Å². The molecule has 0 aliphatic heterocycles. The molecule has 2 N–H and O–H groups in total. The van der Waals surface area contributed by atoms with Crippen LogP contribution in [0.2, 0.25) is 0 Å². The van der Waals surface area contributed by atoms with Gasteiger partial charge in [0, 0.05) is 13.7 Å². The molecule has 1 aromatic carbocycles. The summed E-state index contributed by atoms with van der Waals surface area (Å²) in [4.78, 5) is 0. The van der Waals surface area contributed by atoms with E-state index in [-0.39, 0.29) is 12.2 Å². The summed E-state index contributed by atoms with van der Waals surface area (Å²) in [6, 6.07) is 7.86. The lowest BCUT2D eigenvalue weighted by Gasteiger charge is -2.15. The van der Waals surface area contributed by atoms with Gasteiger partial charge in [-0.15, -0.1) is 0 Å². The van der Waals surface area contributed by atoms with Crippen LogP contribution >= 0.6 is 0 Å². The number of hydrogen-bond donors (Lipinski definition) is 1. The molecule has 1 atom stereocenters. The molecule has 1 aromatic rings. The van der Waals surface area contributed by atoms with Gasteiger partial charge in [0.25, 0.3) is 0 Å². The zero-order valence-electron chi connectivity index (χ0n) is 9.57. The van der Waals surface area contributed by atoms with Gasteiger partial charge >= 0.3 is 0 Å². The maximum Gasteiger partial charge on any atom is 0.120 e. The fraction of sp³-hybridized carbons (Fsp3) is 0.500. The third-order valence-electron chi connectivity index (χ3n) is 2.10. The van der Waals surface area contributed by atoms with Gasteiger partial charge in [0.15, 0.2) is 0 Å². The van der Waals surface area contributed by atoms with E-state index in [2.05, 4.69) is 0 Å². The second-order valence-corrected chi connectivity index (χ2v) is 3.70. The van der Waals surface area contributed by atoms with E-state index < -0.39 is 0 Å². The van der Waals surface area contributed by atoms with Crippen molar-refractivity contribution < 1.29 is 9.47 Å². The first-order valence-corrected chi connectivity index (χ1v) is 5.17. The molecule has 0 spiro atoms. The summed E-state index contributed by atoms with van der Waals surface area (Å²) in [6.45, 7) is 4.48. The maximum atomic E-state index is 5.60. The number of rotatable bonds is 5. The average Bonchev–Trinajstić information content (AvgIpc) is 2.19. The second-order valence-electron chi connectivity index (χ2n) is 3.70. The van der Waals surface area contributed by atoms with E-state index in [1.54, 1.807) is 7.11 Å². The molecular formula is C12H19NO2. The molecule has 0 saturated carbocycles. The summed E-state index contributed by atoms with van der Waals surface area (Å²) in [5.74, 6) is 0.859. The van der Waals surface area contributed by atoms with Crippen LogP contribution in [0.5, 0.6) is 5.75 Å². The Labute approximate surface area is 91.2 Å². The van der Waals surface area contributed by atoms with Crippen LogP contribution in [0.1, 0.15) is 25.5 Å². The Balaban J connectivity index is 2.81. The van der Waals surface area contributed by atoms with E-state index >= 15 is 0 Å². The molecule has 0 saturated heterocycles. The molecule has 84 valence electrons. The van der Waals surface area contributed by atoms with E-state index in [9.17, 15) is 0 Å². The fourth-order valence-electron chi connectivity index (χ4n) is 1.43. The highest BCUT2D eigenvalue weighted by atomic mass is 16.5. The van der Waals surface area contributed by atoms with Crippen LogP contribution in [0.15, 0.2) is 24.3 Å². The molecule has 0 heterocycles. The molecule has 0 bridgehead atoms. The van der Waals surface area contributed by atoms with Crippen LogP contribution in [-0.4, -0.2) is 19.8 Å². The lowest BCUT2D eigenvalue weighted by Crippen LogP contribution is -2.14. The summed E-state index contributed by atoms with van der Waals surface area (Å²) >= 11 is 0. The van der Waals surface area contributed by atoms with Crippen LogP contribution in [0.4, 0.5) is 0 Å². The van der Waals surface area contributed by atoms with Crippen molar-refractivity contribution >= 4 is 0 Å². The van der Waals surface area contributed by atoms with Crippen LogP contribution in [-0.2, 0) is 4.74 Å². The van der Waals surface area contributed by atoms with E-state index in [0.29, 0.717) is 6.54 Å². The second kappa shape index (κ2) is 5.73. The quantitative estimate of drug-likeness (QED) is 0.807. The maximum absolute atomic E-state index is 5.60. The standard InChI is InChI=1S/C12H19NO2/c1-9(2)15-11-6-4-5-10(7-11)12(8-13)14-3/h4-7,9,12H,8,13H2,1-3H3. The summed E-state index contributed by atoms with van der Waals surface area (Å²) in [6.07, 6.45) is 0.125. The van der Waals surface area contributed by atoms with Gasteiger partial charge in [-0.1, -0.05) is 12.1 Å². The Morgan fingerprint density at radius 3 is 2.60 bits per heavy atom. The third kappa shape index (κ3) is 3.53. The first-order chi connectivity index (χ1) is 7.17. The summed E-state index contributed by atoms with van der Waals surface area (Å²) in [5.41, 5.74) is 6.65. The average molecular weight is 209 g/mol. The van der Waals surface area contributed by atoms with Crippen molar-refractivity contribution in [3.63, 3.8) is 0 Å². The Bertz CT molecular complexity index is 295. The van der Waals surface area contributed by atoms with Gasteiger partial charge < -0.3 is 15.2 Å². The Kier molecular flexibility index (Phi) is 4.59. The Hall–Kier alpha value is -1.06. The summed E-state index contributed by atoms with van der Waals surface area (Å²) in [5, 5.41) is 0. The van der Waals surface area contributed by atoms with E-state index in [0.717, 1.165) is 11.3 Å². The Morgan fingerprint density at radius 1 is 1.33 bits per heavy atom. The predicted octanol–water partition coefficient (Wildman–Crippen LogP) is 2.12. The minimum atomic E-state index is -0.0549. The van der Waals surface area contributed by atoms with Gasteiger partial charge in [-0.3, -0.25) is 0 Å². The van der Waals surface area contributed by atoms with Crippen LogP contribution < -0.4 is 10.5 Å². The van der Waals surface area contributed by atoms with Crippen molar-refractivity contribution in [2.24, 2.45) is 5.73 Å². The lowest BCUT2D eigenvalue weighted by molar-refractivity contribution is 0.110. The normalized spacial score (nSPS) is 12.9. The van der Waals surface area contributed by atoms with E-state index in [1.165, 1.54) is 0 Å². The third-order valence-corrected chi connectivity index (χ3v) is 2.10. The van der Waals surface area contributed by atoms with E-state index in [1.807, 2.05) is 38.1 Å². The number of ether oxygens (including phenoxy) is 2. The van der Waals surface area contributed by atoms with Crippen molar-refractivity contribution in [2.45, 2.75) is 26.1 Å². The first-order valence-electron chi connectivity index (χ1n) is 5.17. The molecule has 0 amide bonds. The highest BCUT2D eigenvalue weighted by molar-refractivity contribution is 5.30. The van der Waals surface area contributed by atoms with Crippen molar-refractivity contribution in [3.8, 4) is 5.75 Å². The lowest BCUT2D eigenvalue weighted by atomic mass is 10.1. The summed E-state index contributed by atoms with van der Waals surface area (Å²) < 4.78 is 10.9. The molecule has 0 aliphatic carbocycles. The molecule has 0 aromatic heterocycles. The molecule has 0 aliphatic rings. The minimum absolute atomic E-state index is 0.0549. The number of benzene rings is 1. The van der Waals surface area contributed by atoms with Gasteiger partial charge in [0.05, 0.1) is 12.2 Å². The molecule has 1 unspecified atom stereocenters. The monoisotopic (exact) mass is 209 g/mol. The Morgan fingerprint density at radius 2 is 2.07 bits per heavy atom. The molecule has 0 radical (unpaired) electrons. The highest BCUT2D eigenvalue weighted by Crippen LogP contribution is 2.21. The van der Waals surface area contributed by atoms with Crippen LogP contribution in [0.25, 0.3) is 0 Å². The molecule has 3 heteroatoms. The molecule has 0 fully saturated rings. The zero-order chi connectivity index (χ0) is 11.3. The molecule has 3 nitrogen and oxygen atoms in total. The van der Waals surface area contributed by atoms with Crippen molar-refractivity contribution in [3.05, 3.63) is 29.8 Å². The van der Waals surface area contributed by atoms with Crippen molar-refractivity contribution in [2.75, 3.05) is 13.7 Å². The number of methoxy groups -OCH3 is 1. The fourth-order valence-corrected chi connectivity index (χ4v) is 1.43. The molecule has 15 heavy (non-hydrogen) atoms. The smallest absolute Gasteiger partial charge is 0.120 e. The highest BCUT2D eigenvalue weighted by Gasteiger charge is 2.09. The van der Waals surface area contributed by atoms with Crippen molar-refractivity contribution in [1.82, 2.24) is 0 Å². The predicted molar refractivity (Wildman–Crippen MR) is 61.0 cm³/mol. The van der Waals surface area contributed by atoms with Gasteiger partial charge in [-0.2, -0.15) is 0 Å². The topological polar surface area (TPSA) is 44.5 Å². The molecular weight excluding hydrogens is 190 g/mol. The number of hydrogen-bond acceptors (Lipinski definition) is 3. The minimum Gasteiger partial charge on any atom is -0.491 e. The first kappa shape index (κ1) is 12.0. The number of nitrogens with two attached hydrogens (primary N) is 1.